The summed E-state index contributed by atoms with van der Waals surface area (Å²) >= 11 is 0. The van der Waals surface area contributed by atoms with Crippen LogP contribution in [0.5, 0.6) is 0 Å². The Morgan fingerprint density at radius 3 is 2.76 bits per heavy atom. The standard InChI is InChI=1S/C12H17NO4/c14-10-16-8-4-7-13-12(15)17-9-11-5-2-1-3-6-11/h1-3,5-6,14H,4,7-10H2,(H,13,15). The molecule has 0 saturated heterocycles. The second-order valence-electron chi connectivity index (χ2n) is 3.38. The summed E-state index contributed by atoms with van der Waals surface area (Å²) in [5.41, 5.74) is 0.950. The molecule has 0 radical (unpaired) electrons. The minimum absolute atomic E-state index is 0.264. The molecule has 0 aromatic heterocycles. The fourth-order valence-corrected chi connectivity index (χ4v) is 1.20. The lowest BCUT2D eigenvalue weighted by Gasteiger charge is -2.06. The van der Waals surface area contributed by atoms with Crippen molar-refractivity contribution in [2.24, 2.45) is 0 Å². The first kappa shape index (κ1) is 13.5. The molecule has 2 N–H and O–H groups in total. The summed E-state index contributed by atoms with van der Waals surface area (Å²) < 4.78 is 9.70. The molecule has 0 atom stereocenters. The first-order valence-corrected chi connectivity index (χ1v) is 5.46. The fourth-order valence-electron chi connectivity index (χ4n) is 1.20. The highest BCUT2D eigenvalue weighted by Gasteiger charge is 2.01. The van der Waals surface area contributed by atoms with Gasteiger partial charge in [0.1, 0.15) is 13.4 Å². The van der Waals surface area contributed by atoms with Crippen LogP contribution in [0.15, 0.2) is 30.3 Å². The van der Waals surface area contributed by atoms with E-state index < -0.39 is 6.09 Å². The summed E-state index contributed by atoms with van der Waals surface area (Å²) in [7, 11) is 0. The normalized spacial score (nSPS) is 9.94. The van der Waals surface area contributed by atoms with Gasteiger partial charge in [0.2, 0.25) is 0 Å². The van der Waals surface area contributed by atoms with Crippen molar-refractivity contribution >= 4 is 6.09 Å². The van der Waals surface area contributed by atoms with Crippen LogP contribution in [-0.4, -0.2) is 31.1 Å². The van der Waals surface area contributed by atoms with Crippen molar-refractivity contribution in [3.63, 3.8) is 0 Å². The molecule has 0 aliphatic rings. The van der Waals surface area contributed by atoms with Crippen LogP contribution >= 0.6 is 0 Å². The molecule has 0 saturated carbocycles. The maximum atomic E-state index is 11.2. The van der Waals surface area contributed by atoms with Crippen LogP contribution in [0.4, 0.5) is 4.79 Å². The van der Waals surface area contributed by atoms with Gasteiger partial charge in [0.25, 0.3) is 0 Å². The number of rotatable bonds is 7. The predicted molar refractivity (Wildman–Crippen MR) is 62.3 cm³/mol. The smallest absolute Gasteiger partial charge is 0.407 e. The van der Waals surface area contributed by atoms with Gasteiger partial charge in [0.05, 0.1) is 6.61 Å². The highest BCUT2D eigenvalue weighted by Crippen LogP contribution is 2.00. The molecule has 0 heterocycles. The maximum absolute atomic E-state index is 11.2. The highest BCUT2D eigenvalue weighted by molar-refractivity contribution is 5.67. The Balaban J connectivity index is 2.05. The summed E-state index contributed by atoms with van der Waals surface area (Å²) in [4.78, 5) is 11.2. The number of amides is 1. The number of aliphatic hydroxyl groups excluding tert-OH is 1. The van der Waals surface area contributed by atoms with Crippen LogP contribution in [0.25, 0.3) is 0 Å². The van der Waals surface area contributed by atoms with E-state index in [0.29, 0.717) is 19.6 Å². The Kier molecular flexibility index (Phi) is 6.78. The third kappa shape index (κ3) is 6.55. The van der Waals surface area contributed by atoms with Gasteiger partial charge in [-0.3, -0.25) is 0 Å². The Hall–Kier alpha value is -1.59. The zero-order valence-corrected chi connectivity index (χ0v) is 9.59. The van der Waals surface area contributed by atoms with Crippen molar-refractivity contribution in [2.75, 3.05) is 19.9 Å². The SMILES string of the molecule is O=C(NCCCOCO)OCc1ccccc1. The van der Waals surface area contributed by atoms with Crippen molar-refractivity contribution < 1.29 is 19.4 Å². The lowest BCUT2D eigenvalue weighted by Crippen LogP contribution is -2.26. The van der Waals surface area contributed by atoms with Crippen LogP contribution in [0.2, 0.25) is 0 Å². The summed E-state index contributed by atoms with van der Waals surface area (Å²) in [5, 5.41) is 10.9. The molecule has 0 unspecified atom stereocenters. The number of carbonyl (C=O) groups excluding carboxylic acids is 1. The predicted octanol–water partition coefficient (Wildman–Crippen LogP) is 1.27. The van der Waals surface area contributed by atoms with E-state index in [1.54, 1.807) is 0 Å². The maximum Gasteiger partial charge on any atom is 0.407 e. The van der Waals surface area contributed by atoms with Crippen LogP contribution in [-0.2, 0) is 16.1 Å². The van der Waals surface area contributed by atoms with E-state index in [4.69, 9.17) is 14.6 Å². The second kappa shape index (κ2) is 8.55. The molecule has 0 aliphatic heterocycles. The molecule has 0 bridgehead atoms. The van der Waals surface area contributed by atoms with Crippen molar-refractivity contribution in [3.8, 4) is 0 Å². The molecule has 0 fully saturated rings. The molecule has 5 heteroatoms. The largest absolute Gasteiger partial charge is 0.445 e. The number of aliphatic hydroxyl groups is 1. The third-order valence-corrected chi connectivity index (χ3v) is 2.04. The summed E-state index contributed by atoms with van der Waals surface area (Å²) in [6.45, 7) is 0.849. The topological polar surface area (TPSA) is 67.8 Å². The molecular weight excluding hydrogens is 222 g/mol. The van der Waals surface area contributed by atoms with Crippen molar-refractivity contribution in [3.05, 3.63) is 35.9 Å². The lowest BCUT2D eigenvalue weighted by molar-refractivity contribution is -0.00201. The van der Waals surface area contributed by atoms with Crippen molar-refractivity contribution in [1.29, 1.82) is 0 Å². The quantitative estimate of drug-likeness (QED) is 0.555. The minimum Gasteiger partial charge on any atom is -0.445 e. The molecule has 0 aliphatic carbocycles. The van der Waals surface area contributed by atoms with Gasteiger partial charge in [0, 0.05) is 6.54 Å². The third-order valence-electron chi connectivity index (χ3n) is 2.04. The first-order valence-electron chi connectivity index (χ1n) is 5.46. The molecule has 0 spiro atoms. The molecule has 1 aromatic rings. The van der Waals surface area contributed by atoms with Gasteiger partial charge in [-0.25, -0.2) is 4.79 Å². The van der Waals surface area contributed by atoms with E-state index in [-0.39, 0.29) is 13.4 Å². The molecule has 1 rings (SSSR count). The van der Waals surface area contributed by atoms with Gasteiger partial charge in [-0.15, -0.1) is 0 Å². The zero-order valence-electron chi connectivity index (χ0n) is 9.59. The van der Waals surface area contributed by atoms with Crippen LogP contribution in [0.1, 0.15) is 12.0 Å². The van der Waals surface area contributed by atoms with E-state index in [1.165, 1.54) is 0 Å². The molecule has 1 amide bonds. The van der Waals surface area contributed by atoms with Crippen LogP contribution in [0, 0.1) is 0 Å². The molecule has 1 aromatic carbocycles. The fraction of sp³-hybridized carbons (Fsp3) is 0.417. The van der Waals surface area contributed by atoms with E-state index in [9.17, 15) is 4.79 Å². The number of alkyl carbamates (subject to hydrolysis) is 1. The summed E-state index contributed by atoms with van der Waals surface area (Å²) in [5.74, 6) is 0. The zero-order chi connectivity index (χ0) is 12.3. The number of benzene rings is 1. The van der Waals surface area contributed by atoms with Gasteiger partial charge in [-0.1, -0.05) is 30.3 Å². The van der Waals surface area contributed by atoms with E-state index in [1.807, 2.05) is 30.3 Å². The minimum atomic E-state index is -0.446. The number of nitrogens with one attached hydrogen (secondary N) is 1. The van der Waals surface area contributed by atoms with E-state index >= 15 is 0 Å². The van der Waals surface area contributed by atoms with Gasteiger partial charge in [-0.05, 0) is 12.0 Å². The number of ether oxygens (including phenoxy) is 2. The van der Waals surface area contributed by atoms with Gasteiger partial charge in [-0.2, -0.15) is 0 Å². The van der Waals surface area contributed by atoms with Crippen LogP contribution in [0.3, 0.4) is 0 Å². The van der Waals surface area contributed by atoms with Gasteiger partial charge >= 0.3 is 6.09 Å². The Morgan fingerprint density at radius 1 is 1.29 bits per heavy atom. The number of carbonyl (C=O) groups is 1. The Morgan fingerprint density at radius 2 is 2.06 bits per heavy atom. The molecule has 17 heavy (non-hydrogen) atoms. The van der Waals surface area contributed by atoms with Gasteiger partial charge in [0.15, 0.2) is 0 Å². The Labute approximate surface area is 100 Å². The average Bonchev–Trinajstić information content (AvgIpc) is 2.37. The second-order valence-corrected chi connectivity index (χ2v) is 3.38. The average molecular weight is 239 g/mol. The summed E-state index contributed by atoms with van der Waals surface area (Å²) in [6, 6.07) is 9.47. The first-order chi connectivity index (χ1) is 8.33. The van der Waals surface area contributed by atoms with E-state index in [0.717, 1.165) is 5.56 Å². The van der Waals surface area contributed by atoms with E-state index in [2.05, 4.69) is 5.32 Å². The molecular formula is C12H17NO4. The number of hydrogen-bond acceptors (Lipinski definition) is 4. The highest BCUT2D eigenvalue weighted by atomic mass is 16.6. The van der Waals surface area contributed by atoms with Crippen molar-refractivity contribution in [2.45, 2.75) is 13.0 Å². The molecule has 5 nitrogen and oxygen atoms in total. The van der Waals surface area contributed by atoms with Crippen molar-refractivity contribution in [1.82, 2.24) is 5.32 Å². The number of hydrogen-bond donors (Lipinski definition) is 2. The lowest BCUT2D eigenvalue weighted by atomic mass is 10.2. The van der Waals surface area contributed by atoms with Gasteiger partial charge < -0.3 is 19.9 Å². The monoisotopic (exact) mass is 239 g/mol. The summed E-state index contributed by atoms with van der Waals surface area (Å²) in [6.07, 6.45) is 0.193. The Bertz CT molecular complexity index is 316. The molecule has 94 valence electrons. The van der Waals surface area contributed by atoms with Crippen LogP contribution < -0.4 is 5.32 Å².